The summed E-state index contributed by atoms with van der Waals surface area (Å²) in [7, 11) is 3.52. The number of benzene rings is 2. The maximum absolute atomic E-state index is 13.3. The molecule has 182 valence electrons. The van der Waals surface area contributed by atoms with Gasteiger partial charge in [0.05, 0.1) is 46.9 Å². The summed E-state index contributed by atoms with van der Waals surface area (Å²) in [4.78, 5) is 32.8. The topological polar surface area (TPSA) is 89.5 Å². The number of hydrogen-bond acceptors (Lipinski definition) is 5. The van der Waals surface area contributed by atoms with Crippen LogP contribution in [-0.4, -0.2) is 51.4 Å². The molecular formula is C25H27BrN6O3. The van der Waals surface area contributed by atoms with Crippen LogP contribution >= 0.6 is 15.9 Å². The molecule has 10 heteroatoms. The van der Waals surface area contributed by atoms with Gasteiger partial charge >= 0.3 is 5.69 Å². The third-order valence-electron chi connectivity index (χ3n) is 6.57. The highest BCUT2D eigenvalue weighted by atomic mass is 79.9. The molecule has 0 radical (unpaired) electrons. The van der Waals surface area contributed by atoms with Gasteiger partial charge in [0.2, 0.25) is 0 Å². The highest BCUT2D eigenvalue weighted by Gasteiger charge is 2.19. The Hall–Kier alpha value is -3.37. The van der Waals surface area contributed by atoms with E-state index in [9.17, 15) is 9.59 Å². The van der Waals surface area contributed by atoms with Crippen molar-refractivity contribution in [3.05, 3.63) is 72.5 Å². The van der Waals surface area contributed by atoms with Crippen molar-refractivity contribution in [1.29, 1.82) is 0 Å². The summed E-state index contributed by atoms with van der Waals surface area (Å²) in [6.07, 6.45) is 1.62. The average Bonchev–Trinajstić information content (AvgIpc) is 3.24. The van der Waals surface area contributed by atoms with Crippen molar-refractivity contribution in [3.8, 4) is 5.69 Å². The maximum atomic E-state index is 13.3. The highest BCUT2D eigenvalue weighted by molar-refractivity contribution is 9.10. The van der Waals surface area contributed by atoms with E-state index < -0.39 is 0 Å². The Balaban J connectivity index is 1.62. The molecule has 1 aliphatic rings. The maximum Gasteiger partial charge on any atom is 0.328 e. The van der Waals surface area contributed by atoms with E-state index in [1.165, 1.54) is 0 Å². The number of rotatable bonds is 4. The molecule has 0 saturated carbocycles. The molecule has 0 bridgehead atoms. The second-order valence-electron chi connectivity index (χ2n) is 8.81. The first-order chi connectivity index (χ1) is 16.8. The lowest BCUT2D eigenvalue weighted by Crippen LogP contribution is -2.36. The minimum atomic E-state index is -0.169. The average molecular weight is 539 g/mol. The van der Waals surface area contributed by atoms with Crippen molar-refractivity contribution in [2.45, 2.75) is 13.8 Å². The Kier molecular flexibility index (Phi) is 6.02. The van der Waals surface area contributed by atoms with E-state index in [-0.39, 0.29) is 11.2 Å². The van der Waals surface area contributed by atoms with Gasteiger partial charge in [-0.15, -0.1) is 0 Å². The number of aliphatic imine (C=N–C) groups is 1. The smallest absolute Gasteiger partial charge is 0.328 e. The van der Waals surface area contributed by atoms with E-state index in [2.05, 4.69) is 25.9 Å². The lowest BCUT2D eigenvalue weighted by molar-refractivity contribution is 0.123. The number of halogens is 1. The van der Waals surface area contributed by atoms with Crippen molar-refractivity contribution >= 4 is 44.6 Å². The summed E-state index contributed by atoms with van der Waals surface area (Å²) >= 11 is 3.47. The van der Waals surface area contributed by atoms with E-state index in [0.29, 0.717) is 24.5 Å². The number of aryl methyl sites for hydroxylation is 4. The van der Waals surface area contributed by atoms with Gasteiger partial charge in [0.25, 0.3) is 5.56 Å². The lowest BCUT2D eigenvalue weighted by Gasteiger charge is -2.30. The summed E-state index contributed by atoms with van der Waals surface area (Å²) in [6.45, 7) is 6.54. The van der Waals surface area contributed by atoms with Crippen LogP contribution in [0.3, 0.4) is 0 Å². The summed E-state index contributed by atoms with van der Waals surface area (Å²) in [6, 6.07) is 9.70. The number of ether oxygens (including phenoxy) is 1. The molecule has 0 atom stereocenters. The van der Waals surface area contributed by atoms with Crippen LogP contribution in [0.2, 0.25) is 0 Å². The summed E-state index contributed by atoms with van der Waals surface area (Å²) < 4.78 is 11.3. The SMILES string of the molecule is Cc1cc(Br)ccc1-n1[nH]c(C)c(C=Nc2cc3c(cc2N2CCOCC2)n(C)c(=O)n3C)c1=O. The molecule has 1 aliphatic heterocycles. The lowest BCUT2D eigenvalue weighted by atomic mass is 10.2. The Morgan fingerprint density at radius 3 is 2.37 bits per heavy atom. The predicted octanol–water partition coefficient (Wildman–Crippen LogP) is 3.32. The van der Waals surface area contributed by atoms with Gasteiger partial charge in [-0.25, -0.2) is 9.48 Å². The summed E-state index contributed by atoms with van der Waals surface area (Å²) in [5, 5.41) is 3.18. The quantitative estimate of drug-likeness (QED) is 0.403. The number of fused-ring (bicyclic) bond motifs is 1. The number of anilines is 1. The number of aromatic amines is 1. The van der Waals surface area contributed by atoms with E-state index >= 15 is 0 Å². The van der Waals surface area contributed by atoms with Crippen molar-refractivity contribution in [2.24, 2.45) is 19.1 Å². The monoisotopic (exact) mass is 538 g/mol. The fraction of sp³-hybridized carbons (Fsp3) is 0.320. The fourth-order valence-electron chi connectivity index (χ4n) is 4.57. The van der Waals surface area contributed by atoms with Gasteiger partial charge in [0.15, 0.2) is 0 Å². The number of imidazole rings is 1. The fourth-order valence-corrected chi connectivity index (χ4v) is 5.04. The minimum absolute atomic E-state index is 0.0942. The standard InChI is InChI=1S/C25H27BrN6O3/c1-15-11-17(26)5-6-20(15)32-24(33)18(16(2)28-32)14-27-19-12-22-23(30(4)25(34)29(22)3)13-21(19)31-7-9-35-10-8-31/h5-6,11-14,28H,7-10H2,1-4H3. The molecule has 4 aromatic rings. The number of nitrogens with zero attached hydrogens (tertiary/aromatic N) is 5. The zero-order chi connectivity index (χ0) is 24.9. The zero-order valence-electron chi connectivity index (χ0n) is 20.1. The van der Waals surface area contributed by atoms with Crippen molar-refractivity contribution in [3.63, 3.8) is 0 Å². The second kappa shape index (κ2) is 9.01. The molecule has 0 unspecified atom stereocenters. The Labute approximate surface area is 210 Å². The zero-order valence-corrected chi connectivity index (χ0v) is 21.7. The van der Waals surface area contributed by atoms with E-state index in [4.69, 9.17) is 9.73 Å². The first kappa shape index (κ1) is 23.4. The van der Waals surface area contributed by atoms with Crippen LogP contribution < -0.4 is 16.1 Å². The van der Waals surface area contributed by atoms with Crippen LogP contribution in [0.15, 0.2) is 49.4 Å². The number of aromatic nitrogens is 4. The molecule has 1 saturated heterocycles. The first-order valence-corrected chi connectivity index (χ1v) is 12.2. The molecule has 35 heavy (non-hydrogen) atoms. The van der Waals surface area contributed by atoms with Crippen LogP contribution in [0.5, 0.6) is 0 Å². The Morgan fingerprint density at radius 1 is 1.00 bits per heavy atom. The molecule has 9 nitrogen and oxygen atoms in total. The normalized spacial score (nSPS) is 14.5. The summed E-state index contributed by atoms with van der Waals surface area (Å²) in [5.41, 5.74) is 5.94. The minimum Gasteiger partial charge on any atom is -0.378 e. The van der Waals surface area contributed by atoms with Crippen molar-refractivity contribution in [2.75, 3.05) is 31.2 Å². The van der Waals surface area contributed by atoms with E-state index in [1.54, 1.807) is 34.1 Å². The second-order valence-corrected chi connectivity index (χ2v) is 9.73. The predicted molar refractivity (Wildman–Crippen MR) is 142 cm³/mol. The first-order valence-electron chi connectivity index (χ1n) is 11.4. The van der Waals surface area contributed by atoms with Crippen LogP contribution in [-0.2, 0) is 18.8 Å². The van der Waals surface area contributed by atoms with Crippen LogP contribution in [0.25, 0.3) is 16.7 Å². The van der Waals surface area contributed by atoms with Crippen LogP contribution in [0, 0.1) is 13.8 Å². The van der Waals surface area contributed by atoms with Gasteiger partial charge in [0.1, 0.15) is 0 Å². The van der Waals surface area contributed by atoms with E-state index in [1.807, 2.05) is 44.2 Å². The third kappa shape index (κ3) is 4.06. The molecule has 2 aromatic carbocycles. The Bertz CT molecular complexity index is 1580. The van der Waals surface area contributed by atoms with E-state index in [0.717, 1.165) is 51.2 Å². The largest absolute Gasteiger partial charge is 0.378 e. The molecule has 1 N–H and O–H groups in total. The molecular weight excluding hydrogens is 512 g/mol. The van der Waals surface area contributed by atoms with Gasteiger partial charge in [-0.3, -0.25) is 24.0 Å². The van der Waals surface area contributed by atoms with Crippen molar-refractivity contribution < 1.29 is 4.74 Å². The van der Waals surface area contributed by atoms with Gasteiger partial charge in [0, 0.05) is 43.6 Å². The highest BCUT2D eigenvalue weighted by Crippen LogP contribution is 2.33. The van der Waals surface area contributed by atoms with Gasteiger partial charge in [-0.2, -0.15) is 0 Å². The van der Waals surface area contributed by atoms with Gasteiger partial charge < -0.3 is 9.64 Å². The molecule has 2 aromatic heterocycles. The number of H-pyrrole nitrogens is 1. The summed E-state index contributed by atoms with van der Waals surface area (Å²) in [5.74, 6) is 0. The molecule has 0 spiro atoms. The molecule has 0 amide bonds. The van der Waals surface area contributed by atoms with Gasteiger partial charge in [-0.1, -0.05) is 15.9 Å². The molecule has 5 rings (SSSR count). The van der Waals surface area contributed by atoms with Crippen LogP contribution in [0.1, 0.15) is 16.8 Å². The van der Waals surface area contributed by atoms with Crippen LogP contribution in [0.4, 0.5) is 11.4 Å². The third-order valence-corrected chi connectivity index (χ3v) is 7.06. The molecule has 0 aliphatic carbocycles. The van der Waals surface area contributed by atoms with Crippen molar-refractivity contribution in [1.82, 2.24) is 18.9 Å². The molecule has 3 heterocycles. The Morgan fingerprint density at radius 2 is 1.69 bits per heavy atom. The van der Waals surface area contributed by atoms with Gasteiger partial charge in [-0.05, 0) is 49.7 Å². The molecule has 1 fully saturated rings. The number of nitrogens with one attached hydrogen (secondary N) is 1. The number of hydrogen-bond donors (Lipinski definition) is 1. The number of morpholine rings is 1.